The molecule has 0 atom stereocenters. The molecule has 0 N–H and O–H groups in total. The van der Waals surface area contributed by atoms with Crippen molar-refractivity contribution in [1.82, 2.24) is 0 Å². The van der Waals surface area contributed by atoms with Crippen LogP contribution in [0.4, 0.5) is 13.2 Å². The topological polar surface area (TPSA) is 0 Å². The first kappa shape index (κ1) is 11.9. The highest BCUT2D eigenvalue weighted by molar-refractivity contribution is 7.27. The summed E-state index contributed by atoms with van der Waals surface area (Å²) in [5.41, 5.74) is 2.20. The molecule has 88 valence electrons. The lowest BCUT2D eigenvalue weighted by atomic mass is 10.2. The van der Waals surface area contributed by atoms with Crippen molar-refractivity contribution in [3.05, 3.63) is 21.4 Å². The lowest BCUT2D eigenvalue weighted by Gasteiger charge is -2.04. The van der Waals surface area contributed by atoms with E-state index in [0.717, 1.165) is 19.8 Å². The molecule has 2 rings (SSSR count). The van der Waals surface area contributed by atoms with E-state index >= 15 is 0 Å². The van der Waals surface area contributed by atoms with E-state index in [1.165, 1.54) is 16.9 Å². The average Bonchev–Trinajstić information content (AvgIpc) is 2.66. The Hall–Kier alpha value is -0.550. The maximum Gasteiger partial charge on any atom is 0.389 e. The molecular formula is C11H11F3S2. The smallest absolute Gasteiger partial charge is 0.171 e. The summed E-state index contributed by atoms with van der Waals surface area (Å²) in [6.45, 7) is 3.92. The van der Waals surface area contributed by atoms with Crippen LogP contribution in [-0.2, 0) is 6.42 Å². The third-order valence-corrected chi connectivity index (χ3v) is 5.37. The Kier molecular flexibility index (Phi) is 3.01. The molecule has 0 spiro atoms. The fourth-order valence-corrected chi connectivity index (χ4v) is 4.20. The molecule has 0 aliphatic heterocycles. The van der Waals surface area contributed by atoms with Gasteiger partial charge in [0, 0.05) is 20.7 Å². The van der Waals surface area contributed by atoms with Gasteiger partial charge in [-0.25, -0.2) is 0 Å². The molecule has 0 amide bonds. The van der Waals surface area contributed by atoms with Gasteiger partial charge in [-0.2, -0.15) is 13.2 Å². The predicted octanol–water partition coefficient (Wildman–Crippen LogP) is 5.07. The van der Waals surface area contributed by atoms with Crippen molar-refractivity contribution in [2.75, 3.05) is 0 Å². The number of hydrogen-bond acceptors (Lipinski definition) is 2. The van der Waals surface area contributed by atoms with E-state index in [0.29, 0.717) is 0 Å². The van der Waals surface area contributed by atoms with Gasteiger partial charge in [0.1, 0.15) is 0 Å². The normalized spacial score (nSPS) is 12.6. The van der Waals surface area contributed by atoms with Gasteiger partial charge in [0.05, 0.1) is 0 Å². The number of alkyl halides is 3. The van der Waals surface area contributed by atoms with Gasteiger partial charge in [0.15, 0.2) is 0 Å². The lowest BCUT2D eigenvalue weighted by Crippen LogP contribution is -2.08. The Morgan fingerprint density at radius 3 is 2.44 bits per heavy atom. The lowest BCUT2D eigenvalue weighted by molar-refractivity contribution is -0.133. The second-order valence-corrected chi connectivity index (χ2v) is 5.83. The molecule has 2 aromatic heterocycles. The highest BCUT2D eigenvalue weighted by atomic mass is 32.1. The molecule has 0 aliphatic carbocycles. The van der Waals surface area contributed by atoms with Gasteiger partial charge in [-0.15, -0.1) is 22.7 Å². The van der Waals surface area contributed by atoms with Gasteiger partial charge in [0.25, 0.3) is 0 Å². The highest BCUT2D eigenvalue weighted by Gasteiger charge is 2.27. The fraction of sp³-hybridized carbons (Fsp3) is 0.455. The summed E-state index contributed by atoms with van der Waals surface area (Å²) >= 11 is 3.13. The molecular weight excluding hydrogens is 253 g/mol. The van der Waals surface area contributed by atoms with Crippen molar-refractivity contribution >= 4 is 32.1 Å². The fourth-order valence-electron chi connectivity index (χ4n) is 1.64. The first-order valence-corrected chi connectivity index (χ1v) is 6.61. The zero-order valence-electron chi connectivity index (χ0n) is 8.94. The van der Waals surface area contributed by atoms with E-state index in [4.69, 9.17) is 0 Å². The summed E-state index contributed by atoms with van der Waals surface area (Å²) in [6, 6.07) is 0. The molecule has 2 heterocycles. The molecule has 0 radical (unpaired) electrons. The summed E-state index contributed by atoms with van der Waals surface area (Å²) in [6.07, 6.45) is -4.67. The van der Waals surface area contributed by atoms with Crippen molar-refractivity contribution in [3.8, 4) is 0 Å². The number of halogens is 3. The number of thiophene rings is 2. The number of hydrogen-bond donors (Lipinski definition) is 0. The van der Waals surface area contributed by atoms with Crippen LogP contribution in [0.1, 0.15) is 22.4 Å². The molecule has 5 heteroatoms. The highest BCUT2D eigenvalue weighted by Crippen LogP contribution is 2.38. The molecule has 0 saturated carbocycles. The van der Waals surface area contributed by atoms with Crippen molar-refractivity contribution in [2.24, 2.45) is 0 Å². The van der Waals surface area contributed by atoms with Crippen LogP contribution in [0.5, 0.6) is 0 Å². The quantitative estimate of drug-likeness (QED) is 0.710. The van der Waals surface area contributed by atoms with Crippen LogP contribution in [0, 0.1) is 13.8 Å². The summed E-state index contributed by atoms with van der Waals surface area (Å²) in [5.74, 6) is 0. The average molecular weight is 264 g/mol. The maximum atomic E-state index is 12.1. The van der Waals surface area contributed by atoms with E-state index in [-0.39, 0.29) is 6.42 Å². The standard InChI is InChI=1S/C11H11F3S2/c1-6-5-15-10-7(2)8(16-9(6)10)3-4-11(12,13)14/h5H,3-4H2,1-2H3. The van der Waals surface area contributed by atoms with Crippen molar-refractivity contribution in [2.45, 2.75) is 32.9 Å². The molecule has 16 heavy (non-hydrogen) atoms. The second-order valence-electron chi connectivity index (χ2n) is 3.84. The maximum absolute atomic E-state index is 12.1. The van der Waals surface area contributed by atoms with Crippen LogP contribution in [0.25, 0.3) is 9.40 Å². The Balaban J connectivity index is 2.28. The van der Waals surface area contributed by atoms with Gasteiger partial charge in [-0.3, -0.25) is 0 Å². The van der Waals surface area contributed by atoms with Crippen LogP contribution in [0.2, 0.25) is 0 Å². The van der Waals surface area contributed by atoms with E-state index in [1.54, 1.807) is 11.3 Å². The molecule has 0 fully saturated rings. The molecule has 0 bridgehead atoms. The second kappa shape index (κ2) is 4.04. The third kappa shape index (κ3) is 2.25. The Labute approximate surface area is 99.7 Å². The van der Waals surface area contributed by atoms with Gasteiger partial charge >= 0.3 is 6.18 Å². The minimum Gasteiger partial charge on any atom is -0.171 e. The molecule has 0 unspecified atom stereocenters. The Bertz CT molecular complexity index is 505. The molecule has 0 aliphatic rings. The monoisotopic (exact) mass is 264 g/mol. The van der Waals surface area contributed by atoms with E-state index < -0.39 is 12.6 Å². The zero-order valence-corrected chi connectivity index (χ0v) is 10.6. The minimum atomic E-state index is -4.06. The van der Waals surface area contributed by atoms with Crippen LogP contribution in [-0.4, -0.2) is 6.18 Å². The summed E-state index contributed by atoms with van der Waals surface area (Å²) < 4.78 is 38.7. The summed E-state index contributed by atoms with van der Waals surface area (Å²) in [5, 5.41) is 2.06. The predicted molar refractivity (Wildman–Crippen MR) is 63.6 cm³/mol. The van der Waals surface area contributed by atoms with E-state index in [1.807, 2.05) is 13.8 Å². The third-order valence-electron chi connectivity index (χ3n) is 2.54. The van der Waals surface area contributed by atoms with Crippen molar-refractivity contribution in [3.63, 3.8) is 0 Å². The van der Waals surface area contributed by atoms with E-state index in [9.17, 15) is 13.2 Å². The Morgan fingerprint density at radius 2 is 1.88 bits per heavy atom. The SMILES string of the molecule is Cc1csc2c(C)c(CCC(F)(F)F)sc12. The summed E-state index contributed by atoms with van der Waals surface area (Å²) in [7, 11) is 0. The zero-order chi connectivity index (χ0) is 11.9. The molecule has 2 aromatic rings. The number of fused-ring (bicyclic) bond motifs is 1. The van der Waals surface area contributed by atoms with Gasteiger partial charge < -0.3 is 0 Å². The van der Waals surface area contributed by atoms with Gasteiger partial charge in [-0.1, -0.05) is 0 Å². The van der Waals surface area contributed by atoms with Crippen molar-refractivity contribution in [1.29, 1.82) is 0 Å². The van der Waals surface area contributed by atoms with Gasteiger partial charge in [-0.05, 0) is 36.8 Å². The van der Waals surface area contributed by atoms with Crippen LogP contribution < -0.4 is 0 Å². The molecule has 0 aromatic carbocycles. The van der Waals surface area contributed by atoms with Crippen LogP contribution in [0.15, 0.2) is 5.38 Å². The van der Waals surface area contributed by atoms with Crippen molar-refractivity contribution < 1.29 is 13.2 Å². The largest absolute Gasteiger partial charge is 0.389 e. The van der Waals surface area contributed by atoms with E-state index in [2.05, 4.69) is 5.38 Å². The number of aryl methyl sites for hydroxylation is 3. The minimum absolute atomic E-state index is 0.112. The van der Waals surface area contributed by atoms with Crippen LogP contribution >= 0.6 is 22.7 Å². The van der Waals surface area contributed by atoms with Gasteiger partial charge in [0.2, 0.25) is 0 Å². The Morgan fingerprint density at radius 1 is 1.19 bits per heavy atom. The summed E-state index contributed by atoms with van der Waals surface area (Å²) in [4.78, 5) is 0.877. The van der Waals surface area contributed by atoms with Crippen LogP contribution in [0.3, 0.4) is 0 Å². The number of rotatable bonds is 2. The first-order valence-electron chi connectivity index (χ1n) is 4.91. The molecule has 0 saturated heterocycles. The first-order chi connectivity index (χ1) is 7.38. The molecule has 0 nitrogen and oxygen atoms in total.